The summed E-state index contributed by atoms with van der Waals surface area (Å²) in [5, 5.41) is 0. The highest BCUT2D eigenvalue weighted by molar-refractivity contribution is 5.46. The van der Waals surface area contributed by atoms with E-state index in [1.54, 1.807) is 6.07 Å². The molecule has 0 aliphatic rings. The van der Waals surface area contributed by atoms with Crippen LogP contribution < -0.4 is 10.5 Å². The molecule has 20 heavy (non-hydrogen) atoms. The fourth-order valence-electron chi connectivity index (χ4n) is 1.99. The molecule has 0 aliphatic heterocycles. The number of ether oxygens (including phenoxy) is 1. The van der Waals surface area contributed by atoms with Gasteiger partial charge in [-0.1, -0.05) is 26.0 Å². The van der Waals surface area contributed by atoms with Crippen LogP contribution in [0.25, 0.3) is 0 Å². The van der Waals surface area contributed by atoms with Gasteiger partial charge in [-0.25, -0.2) is 4.39 Å². The molecule has 0 amide bonds. The van der Waals surface area contributed by atoms with Crippen molar-refractivity contribution in [1.29, 1.82) is 0 Å². The minimum absolute atomic E-state index is 0.270. The molecule has 3 heteroatoms. The highest BCUT2D eigenvalue weighted by Gasteiger charge is 2.05. The topological polar surface area (TPSA) is 35.2 Å². The minimum Gasteiger partial charge on any atom is -0.489 e. The van der Waals surface area contributed by atoms with Crippen LogP contribution in [-0.4, -0.2) is 0 Å². The average molecular weight is 273 g/mol. The fraction of sp³-hybridized carbons (Fsp3) is 0.294. The zero-order valence-corrected chi connectivity index (χ0v) is 11.9. The average Bonchev–Trinajstić information content (AvgIpc) is 2.48. The monoisotopic (exact) mass is 273 g/mol. The van der Waals surface area contributed by atoms with Gasteiger partial charge in [0, 0.05) is 11.3 Å². The third-order valence-corrected chi connectivity index (χ3v) is 3.56. The van der Waals surface area contributed by atoms with Crippen LogP contribution in [0.15, 0.2) is 42.5 Å². The molecule has 0 aromatic heterocycles. The van der Waals surface area contributed by atoms with Crippen LogP contribution in [0.5, 0.6) is 5.75 Å². The predicted octanol–water partition coefficient (Wildman–Crippen LogP) is 4.50. The van der Waals surface area contributed by atoms with E-state index in [-0.39, 0.29) is 12.4 Å². The van der Waals surface area contributed by atoms with Gasteiger partial charge in [-0.2, -0.15) is 0 Å². The van der Waals surface area contributed by atoms with Crippen LogP contribution in [0, 0.1) is 5.82 Å². The predicted molar refractivity (Wildman–Crippen MR) is 80.3 cm³/mol. The second-order valence-corrected chi connectivity index (χ2v) is 5.01. The lowest BCUT2D eigenvalue weighted by Crippen LogP contribution is -2.01. The van der Waals surface area contributed by atoms with Crippen LogP contribution in [-0.2, 0) is 6.61 Å². The highest BCUT2D eigenvalue weighted by atomic mass is 19.1. The summed E-state index contributed by atoms with van der Waals surface area (Å²) in [7, 11) is 0. The molecule has 0 bridgehead atoms. The van der Waals surface area contributed by atoms with Crippen molar-refractivity contribution >= 4 is 5.69 Å². The summed E-state index contributed by atoms with van der Waals surface area (Å²) in [5.41, 5.74) is 8.29. The Morgan fingerprint density at radius 1 is 1.15 bits per heavy atom. The summed E-state index contributed by atoms with van der Waals surface area (Å²) in [6, 6.07) is 12.3. The Kier molecular flexibility index (Phi) is 4.61. The van der Waals surface area contributed by atoms with Crippen LogP contribution in [0.1, 0.15) is 37.3 Å². The molecule has 0 spiro atoms. The number of hydrogen-bond donors (Lipinski definition) is 1. The van der Waals surface area contributed by atoms with Crippen molar-refractivity contribution in [3.63, 3.8) is 0 Å². The zero-order valence-electron chi connectivity index (χ0n) is 11.9. The smallest absolute Gasteiger partial charge is 0.123 e. The molecule has 0 radical (unpaired) electrons. The second-order valence-electron chi connectivity index (χ2n) is 5.01. The maximum atomic E-state index is 13.1. The molecular formula is C17H20FNO. The molecule has 1 unspecified atom stereocenters. The first kappa shape index (κ1) is 14.4. The SMILES string of the molecule is CCC(C)c1ccc(OCc2cc(F)ccc2N)cc1. The lowest BCUT2D eigenvalue weighted by molar-refractivity contribution is 0.306. The van der Waals surface area contributed by atoms with Crippen LogP contribution >= 0.6 is 0 Å². The van der Waals surface area contributed by atoms with Gasteiger partial charge in [-0.15, -0.1) is 0 Å². The first-order valence-corrected chi connectivity index (χ1v) is 6.86. The lowest BCUT2D eigenvalue weighted by Gasteiger charge is -2.11. The normalized spacial score (nSPS) is 12.2. The summed E-state index contributed by atoms with van der Waals surface area (Å²) in [6.07, 6.45) is 1.11. The van der Waals surface area contributed by atoms with Gasteiger partial charge in [-0.3, -0.25) is 0 Å². The molecule has 2 rings (SSSR count). The summed E-state index contributed by atoms with van der Waals surface area (Å²) in [5.74, 6) is 1.01. The van der Waals surface area contributed by atoms with Crippen molar-refractivity contribution in [2.75, 3.05) is 5.73 Å². The Bertz CT molecular complexity index is 566. The van der Waals surface area contributed by atoms with Gasteiger partial charge >= 0.3 is 0 Å². The molecular weight excluding hydrogens is 253 g/mol. The van der Waals surface area contributed by atoms with E-state index in [9.17, 15) is 4.39 Å². The Balaban J connectivity index is 2.02. The number of benzene rings is 2. The Morgan fingerprint density at radius 3 is 2.50 bits per heavy atom. The van der Waals surface area contributed by atoms with Gasteiger partial charge in [0.2, 0.25) is 0 Å². The van der Waals surface area contributed by atoms with E-state index in [4.69, 9.17) is 10.5 Å². The molecule has 2 aromatic carbocycles. The molecule has 0 saturated carbocycles. The van der Waals surface area contributed by atoms with Crippen molar-refractivity contribution in [3.05, 3.63) is 59.4 Å². The number of nitrogens with two attached hydrogens (primary N) is 1. The third-order valence-electron chi connectivity index (χ3n) is 3.56. The largest absolute Gasteiger partial charge is 0.489 e. The van der Waals surface area contributed by atoms with Gasteiger partial charge < -0.3 is 10.5 Å². The molecule has 0 saturated heterocycles. The molecule has 2 N–H and O–H groups in total. The third kappa shape index (κ3) is 3.50. The van der Waals surface area contributed by atoms with Crippen molar-refractivity contribution in [1.82, 2.24) is 0 Å². The first-order valence-electron chi connectivity index (χ1n) is 6.86. The van der Waals surface area contributed by atoms with Crippen molar-refractivity contribution < 1.29 is 9.13 Å². The van der Waals surface area contributed by atoms with E-state index in [1.807, 2.05) is 12.1 Å². The Hall–Kier alpha value is -2.03. The maximum absolute atomic E-state index is 13.1. The van der Waals surface area contributed by atoms with Crippen LogP contribution in [0.2, 0.25) is 0 Å². The standard InChI is InChI=1S/C17H20FNO/c1-3-12(2)13-4-7-16(8-5-13)20-11-14-10-15(18)6-9-17(14)19/h4-10,12H,3,11,19H2,1-2H3. The van der Waals surface area contributed by atoms with E-state index in [1.165, 1.54) is 17.7 Å². The summed E-state index contributed by atoms with van der Waals surface area (Å²) >= 11 is 0. The quantitative estimate of drug-likeness (QED) is 0.814. The Labute approximate surface area is 119 Å². The van der Waals surface area contributed by atoms with E-state index in [2.05, 4.69) is 26.0 Å². The minimum atomic E-state index is -0.301. The number of rotatable bonds is 5. The van der Waals surface area contributed by atoms with E-state index in [0.29, 0.717) is 17.2 Å². The zero-order chi connectivity index (χ0) is 14.5. The van der Waals surface area contributed by atoms with E-state index >= 15 is 0 Å². The Morgan fingerprint density at radius 2 is 1.85 bits per heavy atom. The lowest BCUT2D eigenvalue weighted by atomic mass is 9.99. The van der Waals surface area contributed by atoms with E-state index in [0.717, 1.165) is 12.2 Å². The van der Waals surface area contributed by atoms with Crippen molar-refractivity contribution in [2.45, 2.75) is 32.8 Å². The van der Waals surface area contributed by atoms with Gasteiger partial charge in [0.1, 0.15) is 18.2 Å². The van der Waals surface area contributed by atoms with Gasteiger partial charge in [-0.05, 0) is 48.2 Å². The van der Waals surface area contributed by atoms with E-state index < -0.39 is 0 Å². The molecule has 1 atom stereocenters. The molecule has 2 aromatic rings. The first-order chi connectivity index (χ1) is 9.60. The second kappa shape index (κ2) is 6.42. The molecule has 0 aliphatic carbocycles. The highest BCUT2D eigenvalue weighted by Crippen LogP contribution is 2.22. The number of halogens is 1. The van der Waals surface area contributed by atoms with Gasteiger partial charge in [0.25, 0.3) is 0 Å². The van der Waals surface area contributed by atoms with Crippen LogP contribution in [0.4, 0.5) is 10.1 Å². The van der Waals surface area contributed by atoms with Gasteiger partial charge in [0.05, 0.1) is 0 Å². The van der Waals surface area contributed by atoms with Crippen molar-refractivity contribution in [3.8, 4) is 5.75 Å². The molecule has 2 nitrogen and oxygen atoms in total. The summed E-state index contributed by atoms with van der Waals surface area (Å²) in [6.45, 7) is 4.64. The number of anilines is 1. The maximum Gasteiger partial charge on any atom is 0.123 e. The number of nitrogen functional groups attached to an aromatic ring is 1. The molecule has 0 fully saturated rings. The van der Waals surface area contributed by atoms with Crippen LogP contribution in [0.3, 0.4) is 0 Å². The van der Waals surface area contributed by atoms with Crippen molar-refractivity contribution in [2.24, 2.45) is 0 Å². The summed E-state index contributed by atoms with van der Waals surface area (Å²) in [4.78, 5) is 0. The fourth-order valence-corrected chi connectivity index (χ4v) is 1.99. The summed E-state index contributed by atoms with van der Waals surface area (Å²) < 4.78 is 18.8. The number of hydrogen-bond acceptors (Lipinski definition) is 2. The van der Waals surface area contributed by atoms with Gasteiger partial charge in [0.15, 0.2) is 0 Å². The molecule has 0 heterocycles. The molecule has 106 valence electrons.